The van der Waals surface area contributed by atoms with Crippen molar-refractivity contribution in [2.75, 3.05) is 25.0 Å². The Labute approximate surface area is 165 Å². The summed E-state index contributed by atoms with van der Waals surface area (Å²) in [5.74, 6) is 0.0546. The summed E-state index contributed by atoms with van der Waals surface area (Å²) in [7, 11) is 0. The summed E-state index contributed by atoms with van der Waals surface area (Å²) in [6, 6.07) is 17.6. The highest BCUT2D eigenvalue weighted by Gasteiger charge is 2.32. The van der Waals surface area contributed by atoms with Gasteiger partial charge < -0.3 is 16.4 Å². The lowest BCUT2D eigenvalue weighted by Crippen LogP contribution is -2.33. The van der Waals surface area contributed by atoms with Crippen molar-refractivity contribution in [3.05, 3.63) is 65.7 Å². The Kier molecular flexibility index (Phi) is 5.41. The van der Waals surface area contributed by atoms with Crippen LogP contribution in [0.4, 0.5) is 5.69 Å². The first-order valence-electron chi connectivity index (χ1n) is 9.82. The molecule has 2 amide bonds. The normalized spacial score (nSPS) is 22.0. The van der Waals surface area contributed by atoms with Crippen LogP contribution in [0.3, 0.4) is 0 Å². The fraction of sp³-hybridized carbons (Fsp3) is 0.364. The van der Waals surface area contributed by atoms with Gasteiger partial charge in [-0.1, -0.05) is 36.4 Å². The van der Waals surface area contributed by atoms with E-state index < -0.39 is 0 Å². The van der Waals surface area contributed by atoms with Gasteiger partial charge in [0.25, 0.3) is 5.91 Å². The average Bonchev–Trinajstić information content (AvgIpc) is 3.43. The summed E-state index contributed by atoms with van der Waals surface area (Å²) in [5.41, 5.74) is 8.73. The van der Waals surface area contributed by atoms with E-state index in [4.69, 9.17) is 5.73 Å². The van der Waals surface area contributed by atoms with Gasteiger partial charge >= 0.3 is 0 Å². The number of likely N-dealkylation sites (tertiary alicyclic amines) is 1. The topological polar surface area (TPSA) is 87.5 Å². The van der Waals surface area contributed by atoms with Crippen molar-refractivity contribution in [1.82, 2.24) is 10.2 Å². The molecule has 6 heteroatoms. The quantitative estimate of drug-likeness (QED) is 0.717. The van der Waals surface area contributed by atoms with Crippen LogP contribution in [0.25, 0.3) is 0 Å². The second-order valence-corrected chi connectivity index (χ2v) is 7.75. The Balaban J connectivity index is 1.33. The van der Waals surface area contributed by atoms with Gasteiger partial charge in [-0.25, -0.2) is 0 Å². The molecule has 1 heterocycles. The molecule has 0 spiro atoms. The molecular formula is C22H26N4O2. The zero-order chi connectivity index (χ0) is 19.5. The van der Waals surface area contributed by atoms with E-state index in [0.717, 1.165) is 19.4 Å². The number of anilines is 1. The second kappa shape index (κ2) is 8.12. The van der Waals surface area contributed by atoms with Crippen LogP contribution in [0.2, 0.25) is 0 Å². The minimum Gasteiger partial charge on any atom is -0.349 e. The third-order valence-corrected chi connectivity index (χ3v) is 5.36. The molecule has 1 aliphatic carbocycles. The van der Waals surface area contributed by atoms with Crippen LogP contribution in [-0.4, -0.2) is 48.4 Å². The molecule has 6 nitrogen and oxygen atoms in total. The van der Waals surface area contributed by atoms with E-state index in [0.29, 0.717) is 23.8 Å². The first-order chi connectivity index (χ1) is 13.6. The molecule has 4 rings (SSSR count). The molecule has 146 valence electrons. The number of hydrogen-bond donors (Lipinski definition) is 3. The van der Waals surface area contributed by atoms with Crippen LogP contribution >= 0.6 is 0 Å². The molecule has 1 aliphatic heterocycles. The number of rotatable bonds is 6. The number of nitrogens with two attached hydrogens (primary N) is 1. The van der Waals surface area contributed by atoms with E-state index in [1.54, 1.807) is 24.3 Å². The summed E-state index contributed by atoms with van der Waals surface area (Å²) in [6.45, 7) is 1.74. The Morgan fingerprint density at radius 2 is 1.82 bits per heavy atom. The molecule has 2 aromatic carbocycles. The Morgan fingerprint density at radius 1 is 1.04 bits per heavy atom. The summed E-state index contributed by atoms with van der Waals surface area (Å²) >= 11 is 0. The minimum atomic E-state index is -0.0966. The summed E-state index contributed by atoms with van der Waals surface area (Å²) in [5, 5.41) is 5.86. The fourth-order valence-electron chi connectivity index (χ4n) is 3.73. The number of carbonyl (C=O) groups excluding carboxylic acids is 2. The van der Waals surface area contributed by atoms with E-state index >= 15 is 0 Å². The van der Waals surface area contributed by atoms with Crippen molar-refractivity contribution < 1.29 is 9.59 Å². The molecule has 0 unspecified atom stereocenters. The van der Waals surface area contributed by atoms with Crippen molar-refractivity contribution in [3.63, 3.8) is 0 Å². The maximum Gasteiger partial charge on any atom is 0.251 e. The molecular weight excluding hydrogens is 352 g/mol. The zero-order valence-corrected chi connectivity index (χ0v) is 15.8. The highest BCUT2D eigenvalue weighted by Crippen LogP contribution is 2.26. The van der Waals surface area contributed by atoms with Gasteiger partial charge in [-0.15, -0.1) is 0 Å². The molecule has 0 bridgehead atoms. The maximum atomic E-state index is 12.5. The Morgan fingerprint density at radius 3 is 2.57 bits per heavy atom. The zero-order valence-electron chi connectivity index (χ0n) is 15.8. The second-order valence-electron chi connectivity index (χ2n) is 7.75. The standard InChI is InChI=1S/C22H26N4O2/c23-20-13-26(12-19(20)15-5-2-1-3-6-15)14-21(27)24-18-8-4-7-16(11-18)22(28)25-17-9-10-17/h1-8,11,17,19-20H,9-10,12-14,23H2,(H,24,27)(H,25,28)/t19-,20+/m0/s1. The van der Waals surface area contributed by atoms with Crippen molar-refractivity contribution in [2.45, 2.75) is 30.8 Å². The molecule has 0 radical (unpaired) electrons. The summed E-state index contributed by atoms with van der Waals surface area (Å²) < 4.78 is 0. The van der Waals surface area contributed by atoms with Gasteiger partial charge in [-0.3, -0.25) is 14.5 Å². The van der Waals surface area contributed by atoms with Gasteiger partial charge in [0.05, 0.1) is 6.54 Å². The molecule has 1 saturated carbocycles. The SMILES string of the molecule is N[C@@H]1CN(CC(=O)Nc2cccc(C(=O)NC3CC3)c2)C[C@H]1c1ccccc1. The summed E-state index contributed by atoms with van der Waals surface area (Å²) in [4.78, 5) is 26.8. The van der Waals surface area contributed by atoms with Gasteiger partial charge in [0.2, 0.25) is 5.91 Å². The van der Waals surface area contributed by atoms with E-state index in [1.165, 1.54) is 5.56 Å². The molecule has 0 aromatic heterocycles. The molecule has 28 heavy (non-hydrogen) atoms. The van der Waals surface area contributed by atoms with Crippen LogP contribution in [0.15, 0.2) is 54.6 Å². The highest BCUT2D eigenvalue weighted by atomic mass is 16.2. The number of amides is 2. The van der Waals surface area contributed by atoms with Gasteiger partial charge in [0.15, 0.2) is 0 Å². The van der Waals surface area contributed by atoms with Crippen LogP contribution in [-0.2, 0) is 4.79 Å². The first kappa shape index (κ1) is 18.7. The van der Waals surface area contributed by atoms with Crippen molar-refractivity contribution >= 4 is 17.5 Å². The van der Waals surface area contributed by atoms with Crippen LogP contribution in [0, 0.1) is 0 Å². The molecule has 4 N–H and O–H groups in total. The minimum absolute atomic E-state index is 0.0182. The smallest absolute Gasteiger partial charge is 0.251 e. The number of nitrogens with zero attached hydrogens (tertiary/aromatic N) is 1. The molecule has 2 fully saturated rings. The maximum absolute atomic E-state index is 12.5. The lowest BCUT2D eigenvalue weighted by molar-refractivity contribution is -0.117. The van der Waals surface area contributed by atoms with Gasteiger partial charge in [0, 0.05) is 42.3 Å². The third-order valence-electron chi connectivity index (χ3n) is 5.36. The van der Waals surface area contributed by atoms with Gasteiger partial charge in [-0.2, -0.15) is 0 Å². The van der Waals surface area contributed by atoms with Crippen LogP contribution < -0.4 is 16.4 Å². The van der Waals surface area contributed by atoms with Gasteiger partial charge in [0.1, 0.15) is 0 Å². The van der Waals surface area contributed by atoms with E-state index in [-0.39, 0.29) is 30.3 Å². The van der Waals surface area contributed by atoms with Crippen LogP contribution in [0.5, 0.6) is 0 Å². The van der Waals surface area contributed by atoms with Gasteiger partial charge in [-0.05, 0) is 36.6 Å². The number of benzene rings is 2. The highest BCUT2D eigenvalue weighted by molar-refractivity contribution is 5.97. The van der Waals surface area contributed by atoms with Crippen molar-refractivity contribution in [3.8, 4) is 0 Å². The lowest BCUT2D eigenvalue weighted by atomic mass is 9.95. The Hall–Kier alpha value is -2.70. The average molecular weight is 378 g/mol. The lowest BCUT2D eigenvalue weighted by Gasteiger charge is -2.16. The number of nitrogens with one attached hydrogen (secondary N) is 2. The third kappa shape index (κ3) is 4.58. The molecule has 2 atom stereocenters. The van der Waals surface area contributed by atoms with E-state index in [2.05, 4.69) is 27.7 Å². The molecule has 2 aromatic rings. The number of hydrogen-bond acceptors (Lipinski definition) is 4. The fourth-order valence-corrected chi connectivity index (χ4v) is 3.73. The molecule has 2 aliphatic rings. The van der Waals surface area contributed by atoms with Crippen molar-refractivity contribution in [1.29, 1.82) is 0 Å². The monoisotopic (exact) mass is 378 g/mol. The predicted octanol–water partition coefficient (Wildman–Crippen LogP) is 1.94. The van der Waals surface area contributed by atoms with E-state index in [1.807, 2.05) is 18.2 Å². The molecule has 1 saturated heterocycles. The number of carbonyl (C=O) groups is 2. The largest absolute Gasteiger partial charge is 0.349 e. The predicted molar refractivity (Wildman–Crippen MR) is 109 cm³/mol. The van der Waals surface area contributed by atoms with Crippen LogP contribution in [0.1, 0.15) is 34.7 Å². The first-order valence-corrected chi connectivity index (χ1v) is 9.82. The van der Waals surface area contributed by atoms with Crippen molar-refractivity contribution in [2.24, 2.45) is 5.73 Å². The van der Waals surface area contributed by atoms with E-state index in [9.17, 15) is 9.59 Å². The summed E-state index contributed by atoms with van der Waals surface area (Å²) in [6.07, 6.45) is 2.09. The Bertz CT molecular complexity index is 851.